The summed E-state index contributed by atoms with van der Waals surface area (Å²) in [5.41, 5.74) is 1.44. The van der Waals surface area contributed by atoms with Crippen molar-refractivity contribution in [3.8, 4) is 5.75 Å². The lowest BCUT2D eigenvalue weighted by atomic mass is 10.1. The predicted molar refractivity (Wildman–Crippen MR) is 73.2 cm³/mol. The van der Waals surface area contributed by atoms with Crippen LogP contribution in [0.5, 0.6) is 5.75 Å². The van der Waals surface area contributed by atoms with E-state index in [0.29, 0.717) is 29.4 Å². The first kappa shape index (κ1) is 13.9. The van der Waals surface area contributed by atoms with E-state index in [1.54, 1.807) is 31.2 Å². The fourth-order valence-electron chi connectivity index (χ4n) is 1.86. The van der Waals surface area contributed by atoms with Crippen molar-refractivity contribution < 1.29 is 14.6 Å². The minimum atomic E-state index is -0.711. The van der Waals surface area contributed by atoms with Gasteiger partial charge in [0.1, 0.15) is 17.6 Å². The van der Waals surface area contributed by atoms with Crippen LogP contribution in [-0.2, 0) is 6.54 Å². The molecule has 0 saturated heterocycles. The number of benzene rings is 1. The molecular formula is C14H16ClNO3. The Kier molecular flexibility index (Phi) is 4.47. The zero-order valence-electron chi connectivity index (χ0n) is 10.6. The third kappa shape index (κ3) is 3.50. The molecule has 3 N–H and O–H groups in total. The van der Waals surface area contributed by atoms with Crippen LogP contribution in [0.25, 0.3) is 0 Å². The summed E-state index contributed by atoms with van der Waals surface area (Å²) in [6.45, 7) is 2.55. The summed E-state index contributed by atoms with van der Waals surface area (Å²) >= 11 is 5.94. The molecule has 0 saturated carbocycles. The van der Waals surface area contributed by atoms with Crippen LogP contribution >= 0.6 is 11.6 Å². The Labute approximate surface area is 116 Å². The highest BCUT2D eigenvalue weighted by Gasteiger charge is 2.11. The lowest BCUT2D eigenvalue weighted by Crippen LogP contribution is -2.20. The number of hydrogen-bond acceptors (Lipinski definition) is 4. The van der Waals surface area contributed by atoms with Gasteiger partial charge in [-0.3, -0.25) is 0 Å². The van der Waals surface area contributed by atoms with E-state index >= 15 is 0 Å². The molecular weight excluding hydrogens is 266 g/mol. The molecule has 1 aromatic carbocycles. The van der Waals surface area contributed by atoms with Gasteiger partial charge in [-0.25, -0.2) is 0 Å². The number of aliphatic hydroxyl groups excluding tert-OH is 1. The third-order valence-electron chi connectivity index (χ3n) is 2.87. The molecule has 1 atom stereocenters. The molecule has 1 aromatic heterocycles. The van der Waals surface area contributed by atoms with Crippen LogP contribution in [0, 0.1) is 6.92 Å². The summed E-state index contributed by atoms with van der Waals surface area (Å²) in [5, 5.41) is 23.4. The van der Waals surface area contributed by atoms with Gasteiger partial charge in [0.05, 0.1) is 6.26 Å². The van der Waals surface area contributed by atoms with Gasteiger partial charge in [-0.1, -0.05) is 11.6 Å². The van der Waals surface area contributed by atoms with Crippen molar-refractivity contribution in [2.45, 2.75) is 19.6 Å². The Hall–Kier alpha value is -1.49. The van der Waals surface area contributed by atoms with E-state index in [0.717, 1.165) is 5.56 Å². The number of aryl methyl sites for hydroxylation is 1. The first-order chi connectivity index (χ1) is 9.08. The van der Waals surface area contributed by atoms with Gasteiger partial charge in [0, 0.05) is 23.7 Å². The fourth-order valence-corrected chi connectivity index (χ4v) is 2.16. The smallest absolute Gasteiger partial charge is 0.133 e. The summed E-state index contributed by atoms with van der Waals surface area (Å²) in [7, 11) is 0. The van der Waals surface area contributed by atoms with Crippen LogP contribution in [0.1, 0.15) is 23.0 Å². The second-order valence-corrected chi connectivity index (χ2v) is 4.83. The largest absolute Gasteiger partial charge is 0.507 e. The second-order valence-electron chi connectivity index (χ2n) is 4.39. The number of aliphatic hydroxyl groups is 1. The molecule has 5 heteroatoms. The SMILES string of the molecule is Cc1cc(Cl)cc(CNCC(O)c2ccco2)c1O. The van der Waals surface area contributed by atoms with Crippen molar-refractivity contribution in [3.63, 3.8) is 0 Å². The first-order valence-corrected chi connectivity index (χ1v) is 6.36. The molecule has 0 radical (unpaired) electrons. The number of aromatic hydroxyl groups is 1. The Bertz CT molecular complexity index is 540. The molecule has 0 aliphatic heterocycles. The lowest BCUT2D eigenvalue weighted by molar-refractivity contribution is 0.147. The number of hydrogen-bond donors (Lipinski definition) is 3. The Balaban J connectivity index is 1.93. The van der Waals surface area contributed by atoms with Crippen molar-refractivity contribution in [3.05, 3.63) is 52.4 Å². The van der Waals surface area contributed by atoms with E-state index in [-0.39, 0.29) is 5.75 Å². The normalized spacial score (nSPS) is 12.6. The highest BCUT2D eigenvalue weighted by molar-refractivity contribution is 6.30. The van der Waals surface area contributed by atoms with Crippen LogP contribution < -0.4 is 5.32 Å². The summed E-state index contributed by atoms with van der Waals surface area (Å²) < 4.78 is 5.10. The molecule has 0 fully saturated rings. The van der Waals surface area contributed by atoms with Crippen molar-refractivity contribution >= 4 is 11.6 Å². The van der Waals surface area contributed by atoms with E-state index in [1.807, 2.05) is 0 Å². The zero-order chi connectivity index (χ0) is 13.8. The standard InChI is InChI=1S/C14H16ClNO3/c1-9-5-11(15)6-10(14(9)18)7-16-8-12(17)13-3-2-4-19-13/h2-6,12,16-18H,7-8H2,1H3. The van der Waals surface area contributed by atoms with Gasteiger partial charge in [0.15, 0.2) is 0 Å². The fraction of sp³-hybridized carbons (Fsp3) is 0.286. The van der Waals surface area contributed by atoms with Gasteiger partial charge in [-0.05, 0) is 36.8 Å². The highest BCUT2D eigenvalue weighted by atomic mass is 35.5. The minimum absolute atomic E-state index is 0.226. The number of phenols is 1. The quantitative estimate of drug-likeness (QED) is 0.788. The number of furan rings is 1. The summed E-state index contributed by atoms with van der Waals surface area (Å²) in [6.07, 6.45) is 0.808. The molecule has 19 heavy (non-hydrogen) atoms. The van der Waals surface area contributed by atoms with E-state index in [1.165, 1.54) is 6.26 Å². The molecule has 0 spiro atoms. The second kappa shape index (κ2) is 6.10. The highest BCUT2D eigenvalue weighted by Crippen LogP contribution is 2.26. The van der Waals surface area contributed by atoms with Crippen molar-refractivity contribution in [1.29, 1.82) is 0 Å². The number of halogens is 1. The molecule has 0 aliphatic carbocycles. The van der Waals surface area contributed by atoms with Gasteiger partial charge in [-0.15, -0.1) is 0 Å². The maximum absolute atomic E-state index is 9.89. The topological polar surface area (TPSA) is 65.6 Å². The van der Waals surface area contributed by atoms with E-state index in [2.05, 4.69) is 5.32 Å². The molecule has 1 heterocycles. The summed E-state index contributed by atoms with van der Waals surface area (Å²) in [6, 6.07) is 6.85. The molecule has 0 aliphatic rings. The number of rotatable bonds is 5. The van der Waals surface area contributed by atoms with Gasteiger partial charge in [0.2, 0.25) is 0 Å². The van der Waals surface area contributed by atoms with Crippen LogP contribution in [0.4, 0.5) is 0 Å². The molecule has 0 bridgehead atoms. The van der Waals surface area contributed by atoms with Crippen LogP contribution in [-0.4, -0.2) is 16.8 Å². The average molecular weight is 282 g/mol. The van der Waals surface area contributed by atoms with E-state index < -0.39 is 6.10 Å². The minimum Gasteiger partial charge on any atom is -0.507 e. The van der Waals surface area contributed by atoms with Crippen LogP contribution in [0.3, 0.4) is 0 Å². The average Bonchev–Trinajstić information content (AvgIpc) is 2.88. The van der Waals surface area contributed by atoms with Gasteiger partial charge < -0.3 is 19.9 Å². The molecule has 1 unspecified atom stereocenters. The molecule has 2 aromatic rings. The maximum Gasteiger partial charge on any atom is 0.133 e. The van der Waals surface area contributed by atoms with Gasteiger partial charge in [0.25, 0.3) is 0 Å². The molecule has 0 amide bonds. The van der Waals surface area contributed by atoms with Crippen molar-refractivity contribution in [2.75, 3.05) is 6.54 Å². The van der Waals surface area contributed by atoms with Crippen molar-refractivity contribution in [1.82, 2.24) is 5.32 Å². The molecule has 2 rings (SSSR count). The Morgan fingerprint density at radius 3 is 2.89 bits per heavy atom. The van der Waals surface area contributed by atoms with Crippen molar-refractivity contribution in [2.24, 2.45) is 0 Å². The maximum atomic E-state index is 9.89. The van der Waals surface area contributed by atoms with E-state index in [9.17, 15) is 10.2 Å². The summed E-state index contributed by atoms with van der Waals surface area (Å²) in [4.78, 5) is 0. The number of nitrogens with one attached hydrogen (secondary N) is 1. The predicted octanol–water partition coefficient (Wildman–Crippen LogP) is 2.77. The van der Waals surface area contributed by atoms with Crippen LogP contribution in [0.15, 0.2) is 34.9 Å². The van der Waals surface area contributed by atoms with E-state index in [4.69, 9.17) is 16.0 Å². The monoisotopic (exact) mass is 281 g/mol. The zero-order valence-corrected chi connectivity index (χ0v) is 11.3. The molecule has 4 nitrogen and oxygen atoms in total. The van der Waals surface area contributed by atoms with Crippen LogP contribution in [0.2, 0.25) is 5.02 Å². The Morgan fingerprint density at radius 2 is 2.21 bits per heavy atom. The summed E-state index contributed by atoms with van der Waals surface area (Å²) in [5.74, 6) is 0.739. The molecule has 102 valence electrons. The Morgan fingerprint density at radius 1 is 1.42 bits per heavy atom. The third-order valence-corrected chi connectivity index (χ3v) is 3.09. The lowest BCUT2D eigenvalue weighted by Gasteiger charge is -2.12. The number of phenolic OH excluding ortho intramolecular Hbond substituents is 1. The first-order valence-electron chi connectivity index (χ1n) is 5.98. The van der Waals surface area contributed by atoms with Gasteiger partial charge in [-0.2, -0.15) is 0 Å². The van der Waals surface area contributed by atoms with Gasteiger partial charge >= 0.3 is 0 Å².